The van der Waals surface area contributed by atoms with E-state index in [4.69, 9.17) is 4.74 Å². The maximum atomic E-state index is 11.5. The third-order valence-electron chi connectivity index (χ3n) is 3.95. The Hall–Kier alpha value is -1.35. The minimum atomic E-state index is -0.353. The molecule has 1 saturated carbocycles. The average Bonchev–Trinajstić information content (AvgIpc) is 2.74. The predicted molar refractivity (Wildman–Crippen MR) is 68.0 cm³/mol. The second kappa shape index (κ2) is 4.73. The molecule has 96 valence electrons. The minimum Gasteiger partial charge on any atom is -0.488 e. The summed E-state index contributed by atoms with van der Waals surface area (Å²) in [7, 11) is 0. The van der Waals surface area contributed by atoms with E-state index in [2.05, 4.69) is 0 Å². The smallest absolute Gasteiger partial charge is 0.163 e. The van der Waals surface area contributed by atoms with Crippen LogP contribution in [0, 0.1) is 0 Å². The molecule has 2 unspecified atom stereocenters. The number of ether oxygens (including phenoxy) is 1. The lowest BCUT2D eigenvalue weighted by molar-refractivity contribution is 0.00684. The first-order valence-corrected chi connectivity index (χ1v) is 6.75. The first-order valence-electron chi connectivity index (χ1n) is 6.75. The molecule has 1 fully saturated rings. The van der Waals surface area contributed by atoms with Crippen molar-refractivity contribution in [3.63, 3.8) is 0 Å². The number of aryl methyl sites for hydroxylation is 1. The van der Waals surface area contributed by atoms with Crippen molar-refractivity contribution >= 4 is 5.78 Å². The van der Waals surface area contributed by atoms with Crippen molar-refractivity contribution in [2.75, 3.05) is 0 Å². The van der Waals surface area contributed by atoms with Gasteiger partial charge in [0.25, 0.3) is 0 Å². The van der Waals surface area contributed by atoms with Crippen LogP contribution in [0.4, 0.5) is 0 Å². The van der Waals surface area contributed by atoms with E-state index >= 15 is 0 Å². The van der Waals surface area contributed by atoms with Gasteiger partial charge in [-0.2, -0.15) is 0 Å². The number of aliphatic hydroxyl groups excluding tert-OH is 1. The molecule has 0 amide bonds. The number of hydrogen-bond donors (Lipinski definition) is 1. The van der Waals surface area contributed by atoms with Crippen LogP contribution in [0.5, 0.6) is 5.75 Å². The summed E-state index contributed by atoms with van der Waals surface area (Å²) in [6.07, 6.45) is 4.93. The highest BCUT2D eigenvalue weighted by atomic mass is 16.5. The van der Waals surface area contributed by atoms with Gasteiger partial charge in [0.1, 0.15) is 11.9 Å². The summed E-state index contributed by atoms with van der Waals surface area (Å²) >= 11 is 0. The second-order valence-electron chi connectivity index (χ2n) is 5.25. The first-order chi connectivity index (χ1) is 8.74. The normalized spacial score (nSPS) is 27.1. The number of ketones is 1. The SMILES string of the molecule is O=C1CCc2cc(OC3CCCCC3O)ccc21. The molecule has 1 aromatic rings. The van der Waals surface area contributed by atoms with E-state index in [1.807, 2.05) is 18.2 Å². The van der Waals surface area contributed by atoms with Crippen molar-refractivity contribution in [2.24, 2.45) is 0 Å². The van der Waals surface area contributed by atoms with Crippen molar-refractivity contribution in [2.45, 2.75) is 50.7 Å². The molecule has 3 rings (SSSR count). The van der Waals surface area contributed by atoms with Gasteiger partial charge in [0, 0.05) is 12.0 Å². The largest absolute Gasteiger partial charge is 0.488 e. The number of carbonyl (C=O) groups is 1. The summed E-state index contributed by atoms with van der Waals surface area (Å²) in [4.78, 5) is 11.5. The van der Waals surface area contributed by atoms with Gasteiger partial charge in [0.2, 0.25) is 0 Å². The molecule has 0 spiro atoms. The highest BCUT2D eigenvalue weighted by molar-refractivity contribution is 6.00. The Kier molecular flexibility index (Phi) is 3.08. The number of aliphatic hydroxyl groups is 1. The fraction of sp³-hybridized carbons (Fsp3) is 0.533. The highest BCUT2D eigenvalue weighted by Crippen LogP contribution is 2.29. The second-order valence-corrected chi connectivity index (χ2v) is 5.25. The van der Waals surface area contributed by atoms with Crippen molar-refractivity contribution in [1.29, 1.82) is 0 Å². The van der Waals surface area contributed by atoms with Crippen molar-refractivity contribution in [3.8, 4) is 5.75 Å². The summed E-state index contributed by atoms with van der Waals surface area (Å²) in [6, 6.07) is 5.67. The van der Waals surface area contributed by atoms with Crippen LogP contribution in [0.15, 0.2) is 18.2 Å². The Balaban J connectivity index is 1.75. The van der Waals surface area contributed by atoms with Gasteiger partial charge in [-0.15, -0.1) is 0 Å². The molecule has 0 bridgehead atoms. The van der Waals surface area contributed by atoms with E-state index in [1.165, 1.54) is 0 Å². The van der Waals surface area contributed by atoms with E-state index in [1.54, 1.807) is 0 Å². The zero-order valence-corrected chi connectivity index (χ0v) is 10.4. The van der Waals surface area contributed by atoms with Gasteiger partial charge in [-0.1, -0.05) is 6.42 Å². The molecule has 0 aromatic heterocycles. The average molecular weight is 246 g/mol. The summed E-state index contributed by atoms with van der Waals surface area (Å²) in [5.41, 5.74) is 1.93. The summed E-state index contributed by atoms with van der Waals surface area (Å²) < 4.78 is 5.87. The maximum Gasteiger partial charge on any atom is 0.163 e. The van der Waals surface area contributed by atoms with E-state index in [0.29, 0.717) is 6.42 Å². The first kappa shape index (κ1) is 11.7. The number of carbonyl (C=O) groups excluding carboxylic acids is 1. The van der Waals surface area contributed by atoms with E-state index in [0.717, 1.165) is 49.0 Å². The van der Waals surface area contributed by atoms with Gasteiger partial charge < -0.3 is 9.84 Å². The zero-order valence-electron chi connectivity index (χ0n) is 10.4. The maximum absolute atomic E-state index is 11.5. The fourth-order valence-electron chi connectivity index (χ4n) is 2.89. The summed E-state index contributed by atoms with van der Waals surface area (Å²) in [5.74, 6) is 1.02. The summed E-state index contributed by atoms with van der Waals surface area (Å²) in [5, 5.41) is 9.89. The number of Topliss-reactive ketones (excluding diaryl/α,β-unsaturated/α-hetero) is 1. The van der Waals surface area contributed by atoms with Crippen molar-refractivity contribution in [1.82, 2.24) is 0 Å². The van der Waals surface area contributed by atoms with Gasteiger partial charge in [0.05, 0.1) is 6.10 Å². The van der Waals surface area contributed by atoms with E-state index in [9.17, 15) is 9.90 Å². The third kappa shape index (κ3) is 2.15. The van der Waals surface area contributed by atoms with Crippen LogP contribution < -0.4 is 4.74 Å². The Labute approximate surface area is 107 Å². The number of fused-ring (bicyclic) bond motifs is 1. The third-order valence-corrected chi connectivity index (χ3v) is 3.95. The lowest BCUT2D eigenvalue weighted by atomic mass is 9.95. The number of rotatable bonds is 2. The molecule has 2 atom stereocenters. The Morgan fingerprint density at radius 2 is 2.00 bits per heavy atom. The quantitative estimate of drug-likeness (QED) is 0.872. The molecule has 18 heavy (non-hydrogen) atoms. The lowest BCUT2D eigenvalue weighted by Gasteiger charge is -2.28. The predicted octanol–water partition coefficient (Wildman–Crippen LogP) is 2.50. The molecular formula is C15H18O3. The monoisotopic (exact) mass is 246 g/mol. The molecule has 1 aromatic carbocycles. The van der Waals surface area contributed by atoms with Crippen LogP contribution >= 0.6 is 0 Å². The van der Waals surface area contributed by atoms with E-state index < -0.39 is 0 Å². The lowest BCUT2D eigenvalue weighted by Crippen LogP contribution is -2.34. The molecule has 0 aliphatic heterocycles. The van der Waals surface area contributed by atoms with Crippen LogP contribution in [0.1, 0.15) is 48.0 Å². The van der Waals surface area contributed by atoms with Crippen LogP contribution in [0.3, 0.4) is 0 Å². The molecule has 3 nitrogen and oxygen atoms in total. The van der Waals surface area contributed by atoms with Gasteiger partial charge in [-0.3, -0.25) is 4.79 Å². The van der Waals surface area contributed by atoms with Gasteiger partial charge in [-0.25, -0.2) is 0 Å². The zero-order chi connectivity index (χ0) is 12.5. The minimum absolute atomic E-state index is 0.0890. The molecule has 2 aliphatic rings. The van der Waals surface area contributed by atoms with Gasteiger partial charge in [0.15, 0.2) is 5.78 Å². The molecule has 2 aliphatic carbocycles. The number of hydrogen-bond acceptors (Lipinski definition) is 3. The van der Waals surface area contributed by atoms with Gasteiger partial charge >= 0.3 is 0 Å². The Bertz CT molecular complexity index is 467. The Morgan fingerprint density at radius 1 is 1.17 bits per heavy atom. The molecule has 3 heteroatoms. The fourth-order valence-corrected chi connectivity index (χ4v) is 2.89. The van der Waals surface area contributed by atoms with Crippen LogP contribution in [0.2, 0.25) is 0 Å². The van der Waals surface area contributed by atoms with Crippen LogP contribution in [0.25, 0.3) is 0 Å². The highest BCUT2D eigenvalue weighted by Gasteiger charge is 2.25. The molecule has 0 heterocycles. The molecule has 0 radical (unpaired) electrons. The summed E-state index contributed by atoms with van der Waals surface area (Å²) in [6.45, 7) is 0. The van der Waals surface area contributed by atoms with Crippen molar-refractivity contribution < 1.29 is 14.6 Å². The topological polar surface area (TPSA) is 46.5 Å². The Morgan fingerprint density at radius 3 is 2.83 bits per heavy atom. The molecule has 1 N–H and O–H groups in total. The standard InChI is InChI=1S/C15H18O3/c16-13-8-5-10-9-11(6-7-12(10)13)18-15-4-2-1-3-14(15)17/h6-7,9,14-15,17H,1-5,8H2. The van der Waals surface area contributed by atoms with Gasteiger partial charge in [-0.05, 0) is 49.4 Å². The van der Waals surface area contributed by atoms with Crippen molar-refractivity contribution in [3.05, 3.63) is 29.3 Å². The van der Waals surface area contributed by atoms with Crippen LogP contribution in [-0.2, 0) is 6.42 Å². The molecule has 0 saturated heterocycles. The number of benzene rings is 1. The van der Waals surface area contributed by atoms with Crippen LogP contribution in [-0.4, -0.2) is 23.1 Å². The molecular weight excluding hydrogens is 228 g/mol. The van der Waals surface area contributed by atoms with E-state index in [-0.39, 0.29) is 18.0 Å².